The smallest absolute Gasteiger partial charge is 0.263 e. The van der Waals surface area contributed by atoms with Crippen LogP contribution in [-0.2, 0) is 16.4 Å². The van der Waals surface area contributed by atoms with Crippen molar-refractivity contribution < 1.29 is 17.9 Å². The van der Waals surface area contributed by atoms with Gasteiger partial charge in [0.05, 0.1) is 16.6 Å². The van der Waals surface area contributed by atoms with Crippen LogP contribution in [0, 0.1) is 6.92 Å². The van der Waals surface area contributed by atoms with E-state index < -0.39 is 9.84 Å². The molecule has 2 aromatic carbocycles. The predicted molar refractivity (Wildman–Crippen MR) is 118 cm³/mol. The molecule has 3 rings (SSSR count). The van der Waals surface area contributed by atoms with Crippen LogP contribution in [0.15, 0.2) is 53.4 Å². The summed E-state index contributed by atoms with van der Waals surface area (Å²) >= 11 is 7.14. The van der Waals surface area contributed by atoms with E-state index in [1.807, 2.05) is 6.92 Å². The molecule has 158 valence electrons. The van der Waals surface area contributed by atoms with Gasteiger partial charge in [-0.3, -0.25) is 4.79 Å². The van der Waals surface area contributed by atoms with Gasteiger partial charge in [-0.15, -0.1) is 11.3 Å². The van der Waals surface area contributed by atoms with Crippen LogP contribution < -0.4 is 10.1 Å². The summed E-state index contributed by atoms with van der Waals surface area (Å²) in [6.45, 7) is 3.87. The van der Waals surface area contributed by atoms with E-state index in [0.29, 0.717) is 26.4 Å². The third kappa shape index (κ3) is 5.59. The molecule has 0 fully saturated rings. The first kappa shape index (κ1) is 22.3. The molecule has 0 spiro atoms. The van der Waals surface area contributed by atoms with E-state index >= 15 is 0 Å². The van der Waals surface area contributed by atoms with E-state index in [1.165, 1.54) is 23.5 Å². The minimum absolute atomic E-state index is 0.234. The summed E-state index contributed by atoms with van der Waals surface area (Å²) in [7, 11) is -3.25. The maximum atomic E-state index is 12.7. The Bertz CT molecular complexity index is 1140. The molecule has 0 aliphatic carbocycles. The Morgan fingerprint density at radius 1 is 1.17 bits per heavy atom. The normalized spacial score (nSPS) is 12.4. The summed E-state index contributed by atoms with van der Waals surface area (Å²) < 4.78 is 28.9. The van der Waals surface area contributed by atoms with Crippen LogP contribution >= 0.6 is 22.9 Å². The average Bonchev–Trinajstić information content (AvgIpc) is 3.07. The summed E-state index contributed by atoms with van der Waals surface area (Å²) in [5.74, 6) is 0.437. The van der Waals surface area contributed by atoms with Crippen molar-refractivity contribution >= 4 is 38.7 Å². The molecule has 0 aliphatic rings. The summed E-state index contributed by atoms with van der Waals surface area (Å²) in [6, 6.07) is 13.2. The van der Waals surface area contributed by atoms with E-state index in [4.69, 9.17) is 16.3 Å². The van der Waals surface area contributed by atoms with Gasteiger partial charge in [-0.1, -0.05) is 23.7 Å². The van der Waals surface area contributed by atoms with Crippen LogP contribution in [0.1, 0.15) is 38.9 Å². The molecule has 1 N–H and O–H groups in total. The van der Waals surface area contributed by atoms with Crippen molar-refractivity contribution in [3.8, 4) is 5.75 Å². The number of benzene rings is 2. The van der Waals surface area contributed by atoms with Crippen LogP contribution in [0.2, 0.25) is 5.02 Å². The van der Waals surface area contributed by atoms with Crippen molar-refractivity contribution in [1.29, 1.82) is 0 Å². The molecule has 0 saturated carbocycles. The van der Waals surface area contributed by atoms with Crippen LogP contribution in [0.3, 0.4) is 0 Å². The van der Waals surface area contributed by atoms with Gasteiger partial charge in [0.15, 0.2) is 9.84 Å². The van der Waals surface area contributed by atoms with Gasteiger partial charge in [0, 0.05) is 11.3 Å². The molecule has 1 aromatic heterocycles. The number of aryl methyl sites for hydroxylation is 1. The fraction of sp³-hybridized carbons (Fsp3) is 0.238. The largest absolute Gasteiger partial charge is 0.486 e. The minimum atomic E-state index is -3.25. The first-order valence-corrected chi connectivity index (χ1v) is 12.2. The van der Waals surface area contributed by atoms with Crippen LogP contribution in [-0.4, -0.2) is 25.6 Å². The molecule has 0 bridgehead atoms. The van der Waals surface area contributed by atoms with Gasteiger partial charge in [0.2, 0.25) is 0 Å². The van der Waals surface area contributed by atoms with Gasteiger partial charge in [-0.05, 0) is 55.8 Å². The molecule has 0 radical (unpaired) electrons. The molecule has 0 unspecified atom stereocenters. The number of amides is 1. The molecule has 1 atom stereocenters. The quantitative estimate of drug-likeness (QED) is 0.553. The zero-order chi connectivity index (χ0) is 21.9. The maximum absolute atomic E-state index is 12.7. The number of hydrogen-bond donors (Lipinski definition) is 1. The fourth-order valence-corrected chi connectivity index (χ4v) is 4.39. The molecular formula is C21H21ClN2O4S2. The number of nitrogens with zero attached hydrogens (tertiary/aromatic N) is 1. The van der Waals surface area contributed by atoms with Crippen molar-refractivity contribution in [2.24, 2.45) is 0 Å². The first-order chi connectivity index (χ1) is 14.1. The topological polar surface area (TPSA) is 85.4 Å². The highest BCUT2D eigenvalue weighted by atomic mass is 35.5. The first-order valence-electron chi connectivity index (χ1n) is 9.09. The Morgan fingerprint density at radius 2 is 1.80 bits per heavy atom. The number of ether oxygens (including phenoxy) is 1. The lowest BCUT2D eigenvalue weighted by atomic mass is 10.1. The van der Waals surface area contributed by atoms with Gasteiger partial charge in [0.25, 0.3) is 5.91 Å². The van der Waals surface area contributed by atoms with Gasteiger partial charge in [-0.2, -0.15) is 0 Å². The van der Waals surface area contributed by atoms with Gasteiger partial charge >= 0.3 is 0 Å². The van der Waals surface area contributed by atoms with Gasteiger partial charge < -0.3 is 10.1 Å². The van der Waals surface area contributed by atoms with Crippen molar-refractivity contribution in [1.82, 2.24) is 10.3 Å². The molecule has 0 aliphatic heterocycles. The number of rotatable bonds is 7. The summed E-state index contributed by atoms with van der Waals surface area (Å²) in [5.41, 5.74) is 1.44. The lowest BCUT2D eigenvalue weighted by molar-refractivity contribution is 0.0943. The molecule has 3 aromatic rings. The summed E-state index contributed by atoms with van der Waals surface area (Å²) in [4.78, 5) is 17.9. The second kappa shape index (κ2) is 9.16. The highest BCUT2D eigenvalue weighted by Gasteiger charge is 2.18. The maximum Gasteiger partial charge on any atom is 0.263 e. The van der Waals surface area contributed by atoms with E-state index in [1.54, 1.807) is 43.3 Å². The third-order valence-electron chi connectivity index (χ3n) is 4.38. The number of thiazole rings is 1. The Morgan fingerprint density at radius 3 is 2.40 bits per heavy atom. The Kier molecular flexibility index (Phi) is 6.80. The van der Waals surface area contributed by atoms with Crippen molar-refractivity contribution in [2.75, 3.05) is 6.26 Å². The molecular weight excluding hydrogens is 444 g/mol. The van der Waals surface area contributed by atoms with Gasteiger partial charge in [-0.25, -0.2) is 13.4 Å². The summed E-state index contributed by atoms with van der Waals surface area (Å²) in [5, 5.41) is 4.25. The minimum Gasteiger partial charge on any atom is -0.486 e. The SMILES string of the molecule is Cc1nc(COc2ccc(Cl)cc2)sc1C(=O)N[C@H](C)c1ccc(S(C)(=O)=O)cc1. The van der Waals surface area contributed by atoms with Crippen molar-refractivity contribution in [2.45, 2.75) is 31.4 Å². The number of halogens is 1. The van der Waals surface area contributed by atoms with E-state index in [9.17, 15) is 13.2 Å². The zero-order valence-electron chi connectivity index (χ0n) is 16.7. The van der Waals surface area contributed by atoms with Crippen molar-refractivity contribution in [3.05, 3.63) is 74.7 Å². The van der Waals surface area contributed by atoms with Gasteiger partial charge in [0.1, 0.15) is 22.2 Å². The Labute approximate surface area is 184 Å². The third-order valence-corrected chi connectivity index (χ3v) is 6.89. The summed E-state index contributed by atoms with van der Waals surface area (Å²) in [6.07, 6.45) is 1.16. The van der Waals surface area contributed by atoms with Crippen LogP contribution in [0.5, 0.6) is 5.75 Å². The molecule has 1 amide bonds. The van der Waals surface area contributed by atoms with Crippen LogP contribution in [0.25, 0.3) is 0 Å². The zero-order valence-corrected chi connectivity index (χ0v) is 19.1. The second-order valence-corrected chi connectivity index (χ2v) is 10.3. The van der Waals surface area contributed by atoms with Crippen molar-refractivity contribution in [3.63, 3.8) is 0 Å². The Hall–Kier alpha value is -2.42. The molecule has 6 nitrogen and oxygen atoms in total. The van der Waals surface area contributed by atoms with E-state index in [-0.39, 0.29) is 23.5 Å². The highest BCUT2D eigenvalue weighted by Crippen LogP contribution is 2.23. The lowest BCUT2D eigenvalue weighted by Crippen LogP contribution is -2.26. The molecule has 9 heteroatoms. The number of carbonyl (C=O) groups is 1. The Balaban J connectivity index is 1.64. The van der Waals surface area contributed by atoms with Crippen LogP contribution in [0.4, 0.5) is 0 Å². The molecule has 0 saturated heterocycles. The standard InChI is InChI=1S/C21H21ClN2O4S2/c1-13(15-4-10-18(11-5-15)30(3,26)27)24-21(25)20-14(2)23-19(29-20)12-28-17-8-6-16(22)7-9-17/h4-11,13H,12H2,1-3H3,(H,24,25)/t13-/m1/s1. The number of nitrogens with one attached hydrogen (secondary N) is 1. The number of aromatic nitrogens is 1. The lowest BCUT2D eigenvalue weighted by Gasteiger charge is -2.14. The number of sulfone groups is 1. The highest BCUT2D eigenvalue weighted by molar-refractivity contribution is 7.90. The second-order valence-electron chi connectivity index (χ2n) is 6.80. The number of carbonyl (C=O) groups excluding carboxylic acids is 1. The number of hydrogen-bond acceptors (Lipinski definition) is 6. The average molecular weight is 465 g/mol. The fourth-order valence-electron chi connectivity index (χ4n) is 2.75. The molecule has 1 heterocycles. The molecule has 30 heavy (non-hydrogen) atoms. The van der Waals surface area contributed by atoms with E-state index in [0.717, 1.165) is 11.8 Å². The predicted octanol–water partition coefficient (Wildman–Crippen LogP) is 4.58. The monoisotopic (exact) mass is 464 g/mol. The van der Waals surface area contributed by atoms with E-state index in [2.05, 4.69) is 10.3 Å².